The van der Waals surface area contributed by atoms with Crippen LogP contribution in [0.1, 0.15) is 19.3 Å². The second-order valence-electron chi connectivity index (χ2n) is 2.81. The fourth-order valence-electron chi connectivity index (χ4n) is 1.30. The van der Waals surface area contributed by atoms with E-state index in [4.69, 9.17) is 9.84 Å². The van der Waals surface area contributed by atoms with Gasteiger partial charge in [0.2, 0.25) is 0 Å². The van der Waals surface area contributed by atoms with Crippen molar-refractivity contribution in [2.45, 2.75) is 31.8 Å². The van der Waals surface area contributed by atoms with Gasteiger partial charge in [-0.15, -0.1) is 0 Å². The summed E-state index contributed by atoms with van der Waals surface area (Å²) in [5, 5.41) is 18.2. The Balaban J connectivity index is 2.23. The molecule has 0 aromatic heterocycles. The Bertz CT molecular complexity index is 120. The molecule has 1 unspecified atom stereocenters. The molecule has 1 aliphatic rings. The lowest BCUT2D eigenvalue weighted by molar-refractivity contribution is -0.168. The molecule has 3 nitrogen and oxygen atoms in total. The smallest absolute Gasteiger partial charge is 0.160 e. The second kappa shape index (κ2) is 4.59. The van der Waals surface area contributed by atoms with Gasteiger partial charge in [-0.2, -0.15) is 0 Å². The highest BCUT2D eigenvalue weighted by molar-refractivity contribution is 14.1. The molecule has 0 aromatic rings. The Morgan fingerprint density at radius 3 is 2.64 bits per heavy atom. The van der Waals surface area contributed by atoms with Gasteiger partial charge >= 0.3 is 0 Å². The minimum atomic E-state index is -0.746. The van der Waals surface area contributed by atoms with Crippen molar-refractivity contribution in [2.75, 3.05) is 4.43 Å². The second-order valence-corrected chi connectivity index (χ2v) is 3.89. The Hall–Kier alpha value is 0.610. The maximum atomic E-state index is 9.20. The number of halogens is 1. The van der Waals surface area contributed by atoms with Crippen LogP contribution in [0.5, 0.6) is 0 Å². The Morgan fingerprint density at radius 1 is 1.45 bits per heavy atom. The highest BCUT2D eigenvalue weighted by atomic mass is 127. The van der Waals surface area contributed by atoms with Crippen molar-refractivity contribution < 1.29 is 14.9 Å². The molecule has 1 rings (SSSR count). The van der Waals surface area contributed by atoms with Crippen LogP contribution in [0.4, 0.5) is 0 Å². The largest absolute Gasteiger partial charge is 0.368 e. The average molecular weight is 272 g/mol. The van der Waals surface area contributed by atoms with Crippen molar-refractivity contribution in [3.05, 3.63) is 0 Å². The molecule has 66 valence electrons. The average Bonchev–Trinajstić information content (AvgIpc) is 2.26. The van der Waals surface area contributed by atoms with Crippen molar-refractivity contribution >= 4 is 22.6 Å². The van der Waals surface area contributed by atoms with Crippen LogP contribution in [-0.4, -0.2) is 27.2 Å². The SMILES string of the molecule is O[C@H]1CC(CCCI)[C@@H](O)O1. The van der Waals surface area contributed by atoms with E-state index in [1.807, 2.05) is 0 Å². The standard InChI is InChI=1S/C7H13IO3/c8-3-1-2-5-4-6(9)11-7(5)10/h5-7,9-10H,1-4H2/t5?,6-,7+/m1/s1. The molecule has 1 heterocycles. The molecule has 0 aromatic carbocycles. The minimum Gasteiger partial charge on any atom is -0.368 e. The molecular weight excluding hydrogens is 259 g/mol. The zero-order chi connectivity index (χ0) is 8.27. The van der Waals surface area contributed by atoms with Crippen LogP contribution in [0, 0.1) is 5.92 Å². The number of hydrogen-bond acceptors (Lipinski definition) is 3. The molecule has 0 bridgehead atoms. The summed E-state index contributed by atoms with van der Waals surface area (Å²) in [6.45, 7) is 0. The molecule has 1 saturated heterocycles. The van der Waals surface area contributed by atoms with Crippen LogP contribution in [0.25, 0.3) is 0 Å². The highest BCUT2D eigenvalue weighted by Gasteiger charge is 2.31. The Kier molecular flexibility index (Phi) is 4.05. The quantitative estimate of drug-likeness (QED) is 0.592. The van der Waals surface area contributed by atoms with Gasteiger partial charge in [0.05, 0.1) is 0 Å². The molecule has 0 amide bonds. The van der Waals surface area contributed by atoms with Gasteiger partial charge in [0.15, 0.2) is 12.6 Å². The van der Waals surface area contributed by atoms with Crippen LogP contribution < -0.4 is 0 Å². The Morgan fingerprint density at radius 2 is 2.18 bits per heavy atom. The number of rotatable bonds is 3. The summed E-state index contributed by atoms with van der Waals surface area (Å²) in [6.07, 6.45) is 1.12. The van der Waals surface area contributed by atoms with Crippen LogP contribution in [-0.2, 0) is 4.74 Å². The van der Waals surface area contributed by atoms with Crippen LogP contribution in [0.3, 0.4) is 0 Å². The first-order valence-corrected chi connectivity index (χ1v) is 5.34. The van der Waals surface area contributed by atoms with E-state index in [-0.39, 0.29) is 5.92 Å². The van der Waals surface area contributed by atoms with Crippen molar-refractivity contribution in [3.63, 3.8) is 0 Å². The lowest BCUT2D eigenvalue weighted by Gasteiger charge is -2.10. The normalized spacial score (nSPS) is 37.9. The van der Waals surface area contributed by atoms with E-state index < -0.39 is 12.6 Å². The summed E-state index contributed by atoms with van der Waals surface area (Å²) < 4.78 is 5.87. The molecule has 0 spiro atoms. The number of ether oxygens (including phenoxy) is 1. The maximum Gasteiger partial charge on any atom is 0.160 e. The van der Waals surface area contributed by atoms with Gasteiger partial charge in [-0.3, -0.25) is 0 Å². The topological polar surface area (TPSA) is 49.7 Å². The van der Waals surface area contributed by atoms with Crippen LogP contribution in [0.15, 0.2) is 0 Å². The molecule has 3 atom stereocenters. The van der Waals surface area contributed by atoms with Gasteiger partial charge in [-0.25, -0.2) is 0 Å². The molecule has 11 heavy (non-hydrogen) atoms. The summed E-state index contributed by atoms with van der Waals surface area (Å²) >= 11 is 2.30. The van der Waals surface area contributed by atoms with Crippen LogP contribution >= 0.6 is 22.6 Å². The summed E-state index contributed by atoms with van der Waals surface area (Å²) in [5.74, 6) is 0.139. The van der Waals surface area contributed by atoms with Gasteiger partial charge in [0, 0.05) is 12.3 Å². The first-order chi connectivity index (χ1) is 5.24. The maximum absolute atomic E-state index is 9.20. The van der Waals surface area contributed by atoms with E-state index in [9.17, 15) is 5.11 Å². The van der Waals surface area contributed by atoms with Gasteiger partial charge in [-0.1, -0.05) is 22.6 Å². The first kappa shape index (κ1) is 9.70. The number of aliphatic hydroxyl groups is 2. The lowest BCUT2D eigenvalue weighted by atomic mass is 10.0. The van der Waals surface area contributed by atoms with Crippen molar-refractivity contribution in [2.24, 2.45) is 5.92 Å². The van der Waals surface area contributed by atoms with Gasteiger partial charge < -0.3 is 14.9 Å². The fraction of sp³-hybridized carbons (Fsp3) is 1.00. The molecule has 0 saturated carbocycles. The van der Waals surface area contributed by atoms with Crippen LogP contribution in [0.2, 0.25) is 0 Å². The summed E-state index contributed by atoms with van der Waals surface area (Å²) in [6, 6.07) is 0. The summed E-state index contributed by atoms with van der Waals surface area (Å²) in [7, 11) is 0. The molecular formula is C7H13IO3. The van der Waals surface area contributed by atoms with Crippen molar-refractivity contribution in [1.29, 1.82) is 0 Å². The minimum absolute atomic E-state index is 0.139. The molecule has 2 N–H and O–H groups in total. The lowest BCUT2D eigenvalue weighted by Crippen LogP contribution is -2.14. The Labute approximate surface area is 79.9 Å². The molecule has 1 aliphatic heterocycles. The van der Waals surface area contributed by atoms with Gasteiger partial charge in [-0.05, 0) is 17.3 Å². The fourth-order valence-corrected chi connectivity index (χ4v) is 1.74. The summed E-state index contributed by atoms with van der Waals surface area (Å²) in [5.41, 5.74) is 0. The van der Waals surface area contributed by atoms with E-state index in [1.54, 1.807) is 0 Å². The van der Waals surface area contributed by atoms with Gasteiger partial charge in [0.1, 0.15) is 0 Å². The zero-order valence-corrected chi connectivity index (χ0v) is 8.40. The third-order valence-corrected chi connectivity index (χ3v) is 2.68. The molecule has 0 radical (unpaired) electrons. The molecule has 1 fully saturated rings. The third kappa shape index (κ3) is 2.85. The monoisotopic (exact) mass is 272 g/mol. The van der Waals surface area contributed by atoms with E-state index in [0.29, 0.717) is 6.42 Å². The zero-order valence-electron chi connectivity index (χ0n) is 6.24. The van der Waals surface area contributed by atoms with E-state index in [2.05, 4.69) is 22.6 Å². The number of aliphatic hydroxyl groups excluding tert-OH is 2. The third-order valence-electron chi connectivity index (χ3n) is 1.91. The molecule has 4 heteroatoms. The van der Waals surface area contributed by atoms with Gasteiger partial charge in [0.25, 0.3) is 0 Å². The van der Waals surface area contributed by atoms with E-state index in [0.717, 1.165) is 17.3 Å². The predicted octanol–water partition coefficient (Wildman–Crippen LogP) is 0.875. The van der Waals surface area contributed by atoms with E-state index in [1.165, 1.54) is 0 Å². The number of hydrogen-bond donors (Lipinski definition) is 2. The first-order valence-electron chi connectivity index (χ1n) is 3.81. The van der Waals surface area contributed by atoms with E-state index >= 15 is 0 Å². The van der Waals surface area contributed by atoms with Crippen molar-refractivity contribution in [1.82, 2.24) is 0 Å². The predicted molar refractivity (Wildman–Crippen MR) is 49.3 cm³/mol. The van der Waals surface area contributed by atoms with Crippen molar-refractivity contribution in [3.8, 4) is 0 Å². The number of alkyl halides is 1. The summed E-state index contributed by atoms with van der Waals surface area (Å²) in [4.78, 5) is 0. The highest BCUT2D eigenvalue weighted by Crippen LogP contribution is 2.27. The molecule has 0 aliphatic carbocycles.